The smallest absolute Gasteiger partial charge is 0.310 e. The Morgan fingerprint density at radius 1 is 1.33 bits per heavy atom. The van der Waals surface area contributed by atoms with Gasteiger partial charge < -0.3 is 10.0 Å². The molecule has 0 saturated heterocycles. The van der Waals surface area contributed by atoms with E-state index in [2.05, 4.69) is 36.9 Å². The van der Waals surface area contributed by atoms with Crippen LogP contribution in [0.1, 0.15) is 30.5 Å². The van der Waals surface area contributed by atoms with Gasteiger partial charge in [-0.3, -0.25) is 4.79 Å². The first-order valence-corrected chi connectivity index (χ1v) is 6.20. The predicted octanol–water partition coefficient (Wildman–Crippen LogP) is 2.85. The van der Waals surface area contributed by atoms with E-state index >= 15 is 0 Å². The van der Waals surface area contributed by atoms with Crippen molar-refractivity contribution >= 4 is 5.97 Å². The number of nitrogens with zero attached hydrogens (tertiary/aromatic N) is 1. The molecule has 18 heavy (non-hydrogen) atoms. The van der Waals surface area contributed by atoms with Crippen molar-refractivity contribution in [3.8, 4) is 0 Å². The lowest BCUT2D eigenvalue weighted by atomic mass is 9.93. The Morgan fingerprint density at radius 3 is 2.44 bits per heavy atom. The molecule has 0 aromatic heterocycles. The number of aryl methyl sites for hydroxylation is 2. The maximum Gasteiger partial charge on any atom is 0.310 e. The van der Waals surface area contributed by atoms with Gasteiger partial charge in [0.1, 0.15) is 0 Å². The van der Waals surface area contributed by atoms with Crippen molar-refractivity contribution in [2.45, 2.75) is 34.2 Å². The first-order valence-electron chi connectivity index (χ1n) is 6.20. The maximum absolute atomic E-state index is 11.1. The lowest BCUT2D eigenvalue weighted by molar-refractivity contribution is -0.147. The molecule has 1 N–H and O–H groups in total. The fourth-order valence-electron chi connectivity index (χ4n) is 2.11. The molecule has 0 atom stereocenters. The predicted molar refractivity (Wildman–Crippen MR) is 73.7 cm³/mol. The summed E-state index contributed by atoms with van der Waals surface area (Å²) in [7, 11) is 1.96. The van der Waals surface area contributed by atoms with Crippen LogP contribution in [0.5, 0.6) is 0 Å². The van der Waals surface area contributed by atoms with E-state index in [1.165, 1.54) is 16.7 Å². The summed E-state index contributed by atoms with van der Waals surface area (Å²) in [4.78, 5) is 13.2. The molecule has 0 heterocycles. The van der Waals surface area contributed by atoms with Gasteiger partial charge >= 0.3 is 5.97 Å². The third kappa shape index (κ3) is 3.84. The van der Waals surface area contributed by atoms with Crippen molar-refractivity contribution in [2.75, 3.05) is 13.6 Å². The van der Waals surface area contributed by atoms with E-state index in [-0.39, 0.29) is 0 Å². The Morgan fingerprint density at radius 2 is 1.94 bits per heavy atom. The van der Waals surface area contributed by atoms with Gasteiger partial charge in [-0.25, -0.2) is 0 Å². The first kappa shape index (κ1) is 14.7. The monoisotopic (exact) mass is 249 g/mol. The van der Waals surface area contributed by atoms with Gasteiger partial charge in [-0.2, -0.15) is 0 Å². The van der Waals surface area contributed by atoms with Crippen molar-refractivity contribution in [1.29, 1.82) is 0 Å². The molecule has 0 aliphatic rings. The molecule has 3 heteroatoms. The zero-order valence-corrected chi connectivity index (χ0v) is 11.9. The van der Waals surface area contributed by atoms with Gasteiger partial charge in [-0.15, -0.1) is 0 Å². The molecule has 100 valence electrons. The van der Waals surface area contributed by atoms with Crippen molar-refractivity contribution in [3.05, 3.63) is 34.9 Å². The van der Waals surface area contributed by atoms with Gasteiger partial charge in [0, 0.05) is 13.1 Å². The van der Waals surface area contributed by atoms with Crippen molar-refractivity contribution in [3.63, 3.8) is 0 Å². The standard InChI is InChI=1S/C15H23NO2/c1-11-6-7-13(12(2)8-11)9-16(5)10-15(3,4)14(17)18/h6-8H,9-10H2,1-5H3,(H,17,18). The summed E-state index contributed by atoms with van der Waals surface area (Å²) >= 11 is 0. The Hall–Kier alpha value is -1.35. The number of carboxylic acid groups (broad SMARTS) is 1. The summed E-state index contributed by atoms with van der Waals surface area (Å²) < 4.78 is 0. The van der Waals surface area contributed by atoms with Crippen LogP contribution in [0.3, 0.4) is 0 Å². The summed E-state index contributed by atoms with van der Waals surface area (Å²) in [6.07, 6.45) is 0. The lowest BCUT2D eigenvalue weighted by Crippen LogP contribution is -2.37. The molecule has 0 amide bonds. The van der Waals surface area contributed by atoms with Crippen LogP contribution in [0.2, 0.25) is 0 Å². The normalized spacial score (nSPS) is 11.9. The van der Waals surface area contributed by atoms with Crippen LogP contribution in [0.4, 0.5) is 0 Å². The molecule has 0 bridgehead atoms. The number of hydrogen-bond acceptors (Lipinski definition) is 2. The van der Waals surface area contributed by atoms with E-state index in [9.17, 15) is 4.79 Å². The molecule has 1 aromatic carbocycles. The van der Waals surface area contributed by atoms with E-state index in [0.29, 0.717) is 6.54 Å². The SMILES string of the molecule is Cc1ccc(CN(C)CC(C)(C)C(=O)O)c(C)c1. The third-order valence-electron chi connectivity index (χ3n) is 3.18. The molecule has 3 nitrogen and oxygen atoms in total. The largest absolute Gasteiger partial charge is 0.481 e. The summed E-state index contributed by atoms with van der Waals surface area (Å²) in [5.74, 6) is -0.755. The number of aliphatic carboxylic acids is 1. The molecule has 0 radical (unpaired) electrons. The van der Waals surface area contributed by atoms with Crippen LogP contribution in [0.15, 0.2) is 18.2 Å². The van der Waals surface area contributed by atoms with E-state index in [4.69, 9.17) is 5.11 Å². The van der Waals surface area contributed by atoms with Crippen molar-refractivity contribution in [2.24, 2.45) is 5.41 Å². The van der Waals surface area contributed by atoms with Gasteiger partial charge in [0.15, 0.2) is 0 Å². The molecule has 0 aliphatic carbocycles. The van der Waals surface area contributed by atoms with E-state index < -0.39 is 11.4 Å². The Bertz CT molecular complexity index is 438. The highest BCUT2D eigenvalue weighted by molar-refractivity contribution is 5.73. The average Bonchev–Trinajstić information content (AvgIpc) is 2.21. The van der Waals surface area contributed by atoms with Crippen LogP contribution in [0, 0.1) is 19.3 Å². The van der Waals surface area contributed by atoms with E-state index in [1.54, 1.807) is 13.8 Å². The molecule has 0 unspecified atom stereocenters. The Balaban J connectivity index is 2.70. The zero-order chi connectivity index (χ0) is 13.9. The number of carboxylic acids is 1. The van der Waals surface area contributed by atoms with Crippen molar-refractivity contribution < 1.29 is 9.90 Å². The minimum Gasteiger partial charge on any atom is -0.481 e. The van der Waals surface area contributed by atoms with E-state index in [1.807, 2.05) is 7.05 Å². The van der Waals surface area contributed by atoms with Crippen molar-refractivity contribution in [1.82, 2.24) is 4.90 Å². The molecular weight excluding hydrogens is 226 g/mol. The highest BCUT2D eigenvalue weighted by Gasteiger charge is 2.28. The minimum atomic E-state index is -0.755. The van der Waals surface area contributed by atoms with Crippen LogP contribution in [-0.2, 0) is 11.3 Å². The zero-order valence-electron chi connectivity index (χ0n) is 11.9. The lowest BCUT2D eigenvalue weighted by Gasteiger charge is -2.27. The highest BCUT2D eigenvalue weighted by Crippen LogP contribution is 2.19. The van der Waals surface area contributed by atoms with Crippen LogP contribution < -0.4 is 0 Å². The Labute approximate surface area is 109 Å². The van der Waals surface area contributed by atoms with Gasteiger partial charge in [0.25, 0.3) is 0 Å². The van der Waals surface area contributed by atoms with Gasteiger partial charge in [0.05, 0.1) is 5.41 Å². The number of carbonyl (C=O) groups is 1. The number of rotatable bonds is 5. The summed E-state index contributed by atoms with van der Waals surface area (Å²) in [5.41, 5.74) is 3.05. The second kappa shape index (κ2) is 5.53. The number of hydrogen-bond donors (Lipinski definition) is 1. The minimum absolute atomic E-state index is 0.537. The van der Waals surface area contributed by atoms with Crippen LogP contribution in [-0.4, -0.2) is 29.6 Å². The summed E-state index contributed by atoms with van der Waals surface area (Å²) in [5, 5.41) is 9.12. The quantitative estimate of drug-likeness (QED) is 0.872. The Kier molecular flexibility index (Phi) is 4.52. The average molecular weight is 249 g/mol. The molecule has 1 aromatic rings. The summed E-state index contributed by atoms with van der Waals surface area (Å²) in [6.45, 7) is 9.01. The maximum atomic E-state index is 11.1. The summed E-state index contributed by atoms with van der Waals surface area (Å²) in [6, 6.07) is 6.37. The van der Waals surface area contributed by atoms with E-state index in [0.717, 1.165) is 6.54 Å². The van der Waals surface area contributed by atoms with Gasteiger partial charge in [-0.05, 0) is 45.9 Å². The number of benzene rings is 1. The molecule has 1 rings (SSSR count). The van der Waals surface area contributed by atoms with Gasteiger partial charge in [-0.1, -0.05) is 23.8 Å². The second-order valence-electron chi connectivity index (χ2n) is 5.79. The molecule has 0 spiro atoms. The highest BCUT2D eigenvalue weighted by atomic mass is 16.4. The van der Waals surface area contributed by atoms with Gasteiger partial charge in [0.2, 0.25) is 0 Å². The fourth-order valence-corrected chi connectivity index (χ4v) is 2.11. The molecular formula is C15H23NO2. The first-order chi connectivity index (χ1) is 8.22. The van der Waals surface area contributed by atoms with Crippen LogP contribution >= 0.6 is 0 Å². The van der Waals surface area contributed by atoms with Crippen LogP contribution in [0.25, 0.3) is 0 Å². The second-order valence-corrected chi connectivity index (χ2v) is 5.79. The molecule has 0 fully saturated rings. The fraction of sp³-hybridized carbons (Fsp3) is 0.533. The third-order valence-corrected chi connectivity index (χ3v) is 3.18. The topological polar surface area (TPSA) is 40.5 Å². The molecule has 0 aliphatic heterocycles. The molecule has 0 saturated carbocycles.